The van der Waals surface area contributed by atoms with Gasteiger partial charge in [0.05, 0.1) is 25.4 Å². The summed E-state index contributed by atoms with van der Waals surface area (Å²) in [5.41, 5.74) is 0. The van der Waals surface area contributed by atoms with Crippen LogP contribution in [0.2, 0.25) is 0 Å². The van der Waals surface area contributed by atoms with Crippen molar-refractivity contribution in [1.82, 2.24) is 5.32 Å². The van der Waals surface area contributed by atoms with E-state index in [9.17, 15) is 19.8 Å². The highest BCUT2D eigenvalue weighted by atomic mass is 16.5. The van der Waals surface area contributed by atoms with E-state index in [0.29, 0.717) is 19.4 Å². The van der Waals surface area contributed by atoms with Gasteiger partial charge in [-0.1, -0.05) is 360 Å². The molecule has 0 radical (unpaired) electrons. The summed E-state index contributed by atoms with van der Waals surface area (Å²) in [7, 11) is 0. The second-order valence-electron chi connectivity index (χ2n) is 23.9. The number of hydrogen-bond acceptors (Lipinski definition) is 5. The van der Waals surface area contributed by atoms with Crippen LogP contribution in [0.5, 0.6) is 0 Å². The molecule has 0 spiro atoms. The Balaban J connectivity index is 3.32. The van der Waals surface area contributed by atoms with Crippen molar-refractivity contribution in [2.75, 3.05) is 13.2 Å². The Kier molecular flexibility index (Phi) is 63.9. The van der Waals surface area contributed by atoms with Gasteiger partial charge < -0.3 is 20.3 Å². The van der Waals surface area contributed by atoms with Gasteiger partial charge in [-0.2, -0.15) is 0 Å². The first-order chi connectivity index (χ1) is 37.0. The maximum absolute atomic E-state index is 12.5. The Hall–Kier alpha value is -1.40. The third kappa shape index (κ3) is 61.7. The molecule has 6 heteroatoms. The fraction of sp³-hybridized carbons (Fsp3) is 0.942. The average molecular weight is 1060 g/mol. The Labute approximate surface area is 469 Å². The zero-order valence-corrected chi connectivity index (χ0v) is 51.1. The van der Waals surface area contributed by atoms with E-state index in [-0.39, 0.29) is 18.5 Å². The summed E-state index contributed by atoms with van der Waals surface area (Å²) >= 11 is 0. The van der Waals surface area contributed by atoms with E-state index >= 15 is 0 Å². The smallest absolute Gasteiger partial charge is 0.305 e. The summed E-state index contributed by atoms with van der Waals surface area (Å²) in [5.74, 6) is -0.0404. The summed E-state index contributed by atoms with van der Waals surface area (Å²) in [6.07, 6.45) is 80.0. The van der Waals surface area contributed by atoms with Crippen molar-refractivity contribution < 1.29 is 24.5 Å². The standard InChI is InChI=1S/C69H135NO5/c1-3-5-7-9-11-13-15-17-18-19-32-35-39-43-47-51-55-59-63-69(74)75-64-60-56-52-48-44-40-36-33-30-28-26-24-22-20-21-23-25-27-29-31-34-38-42-46-50-54-58-62-68(73)70-66(65-71)67(72)61-57-53-49-45-41-37-16-14-12-10-8-6-4-2/h57,61,66-67,71-72H,3-56,58-60,62-65H2,1-2H3,(H,70,73)/b61-57+. The maximum atomic E-state index is 12.5. The first-order valence-corrected chi connectivity index (χ1v) is 34.5. The number of carbonyl (C=O) groups is 2. The molecule has 2 unspecified atom stereocenters. The second kappa shape index (κ2) is 65.1. The molecule has 0 bridgehead atoms. The minimum atomic E-state index is -0.841. The van der Waals surface area contributed by atoms with E-state index in [2.05, 4.69) is 19.2 Å². The number of carbonyl (C=O) groups excluding carboxylic acids is 2. The number of unbranched alkanes of at least 4 members (excludes halogenated alkanes) is 54. The van der Waals surface area contributed by atoms with Crippen LogP contribution in [0.15, 0.2) is 12.2 Å². The summed E-state index contributed by atoms with van der Waals surface area (Å²) in [5, 5.41) is 23.1. The van der Waals surface area contributed by atoms with Gasteiger partial charge in [-0.25, -0.2) is 0 Å². The first-order valence-electron chi connectivity index (χ1n) is 34.5. The molecule has 0 heterocycles. The van der Waals surface area contributed by atoms with Crippen LogP contribution in [-0.2, 0) is 14.3 Å². The fourth-order valence-corrected chi connectivity index (χ4v) is 11.1. The lowest BCUT2D eigenvalue weighted by Crippen LogP contribution is -2.45. The number of aliphatic hydroxyl groups excluding tert-OH is 2. The molecule has 6 nitrogen and oxygen atoms in total. The van der Waals surface area contributed by atoms with Gasteiger partial charge in [0, 0.05) is 12.8 Å². The lowest BCUT2D eigenvalue weighted by molar-refractivity contribution is -0.143. The Morgan fingerprint density at radius 3 is 0.907 bits per heavy atom. The van der Waals surface area contributed by atoms with Gasteiger partial charge in [0.25, 0.3) is 0 Å². The number of rotatable bonds is 65. The molecule has 0 saturated heterocycles. The molecular formula is C69H135NO5. The molecule has 0 rings (SSSR count). The van der Waals surface area contributed by atoms with E-state index < -0.39 is 12.1 Å². The maximum Gasteiger partial charge on any atom is 0.305 e. The molecule has 3 N–H and O–H groups in total. The summed E-state index contributed by atoms with van der Waals surface area (Å²) in [6.45, 7) is 4.94. The minimum Gasteiger partial charge on any atom is -0.466 e. The number of allylic oxidation sites excluding steroid dienone is 1. The van der Waals surface area contributed by atoms with Gasteiger partial charge in [0.15, 0.2) is 0 Å². The second-order valence-corrected chi connectivity index (χ2v) is 23.9. The predicted molar refractivity (Wildman–Crippen MR) is 329 cm³/mol. The lowest BCUT2D eigenvalue weighted by atomic mass is 10.0. The van der Waals surface area contributed by atoms with E-state index in [4.69, 9.17) is 4.74 Å². The predicted octanol–water partition coefficient (Wildman–Crippen LogP) is 22.0. The Morgan fingerprint density at radius 2 is 0.613 bits per heavy atom. The van der Waals surface area contributed by atoms with Crippen LogP contribution < -0.4 is 5.32 Å². The Bertz CT molecular complexity index is 1130. The number of aliphatic hydroxyl groups is 2. The molecule has 2 atom stereocenters. The van der Waals surface area contributed by atoms with Crippen LogP contribution in [-0.4, -0.2) is 47.4 Å². The van der Waals surface area contributed by atoms with E-state index in [1.54, 1.807) is 6.08 Å². The molecule has 0 aliphatic carbocycles. The minimum absolute atomic E-state index is 0.0229. The fourth-order valence-electron chi connectivity index (χ4n) is 11.1. The van der Waals surface area contributed by atoms with Gasteiger partial charge in [-0.05, 0) is 32.1 Å². The highest BCUT2D eigenvalue weighted by Gasteiger charge is 2.18. The van der Waals surface area contributed by atoms with Gasteiger partial charge in [0.2, 0.25) is 5.91 Å². The Morgan fingerprint density at radius 1 is 0.360 bits per heavy atom. The van der Waals surface area contributed by atoms with Crippen LogP contribution in [0.3, 0.4) is 0 Å². The van der Waals surface area contributed by atoms with Gasteiger partial charge in [-0.15, -0.1) is 0 Å². The third-order valence-corrected chi connectivity index (χ3v) is 16.3. The highest BCUT2D eigenvalue weighted by molar-refractivity contribution is 5.76. The largest absolute Gasteiger partial charge is 0.466 e. The topological polar surface area (TPSA) is 95.9 Å². The summed E-state index contributed by atoms with van der Waals surface area (Å²) in [4.78, 5) is 24.6. The van der Waals surface area contributed by atoms with Crippen LogP contribution in [0.4, 0.5) is 0 Å². The van der Waals surface area contributed by atoms with E-state index in [1.807, 2.05) is 6.08 Å². The molecule has 0 aromatic heterocycles. The monoisotopic (exact) mass is 1060 g/mol. The van der Waals surface area contributed by atoms with Crippen LogP contribution >= 0.6 is 0 Å². The van der Waals surface area contributed by atoms with E-state index in [1.165, 1.54) is 327 Å². The van der Waals surface area contributed by atoms with Crippen molar-refractivity contribution in [1.29, 1.82) is 0 Å². The third-order valence-electron chi connectivity index (χ3n) is 16.3. The van der Waals surface area contributed by atoms with Crippen molar-refractivity contribution >= 4 is 11.9 Å². The van der Waals surface area contributed by atoms with Crippen molar-refractivity contribution in [2.24, 2.45) is 0 Å². The highest BCUT2D eigenvalue weighted by Crippen LogP contribution is 2.19. The molecule has 0 aliphatic heterocycles. The van der Waals surface area contributed by atoms with Crippen LogP contribution in [0.1, 0.15) is 393 Å². The number of nitrogens with one attached hydrogen (secondary N) is 1. The SMILES string of the molecule is CCCCCCCCCCCCC/C=C/C(O)C(CO)NC(=O)CCCCCCCCCCCCCCCCCCCCCCCCCCCCCOC(=O)CCCCCCCCCCCCCCCCCCCC. The molecule has 0 aliphatic rings. The number of amides is 1. The molecular weight excluding hydrogens is 923 g/mol. The van der Waals surface area contributed by atoms with Gasteiger partial charge in [0.1, 0.15) is 0 Å². The lowest BCUT2D eigenvalue weighted by Gasteiger charge is -2.20. The summed E-state index contributed by atoms with van der Waals surface area (Å²) < 4.78 is 5.51. The zero-order chi connectivity index (χ0) is 54.3. The average Bonchev–Trinajstić information content (AvgIpc) is 3.41. The number of esters is 1. The molecule has 1 amide bonds. The van der Waals surface area contributed by atoms with Crippen molar-refractivity contribution in [3.8, 4) is 0 Å². The molecule has 446 valence electrons. The van der Waals surface area contributed by atoms with Gasteiger partial charge >= 0.3 is 5.97 Å². The molecule has 75 heavy (non-hydrogen) atoms. The molecule has 0 fully saturated rings. The van der Waals surface area contributed by atoms with Crippen LogP contribution in [0, 0.1) is 0 Å². The van der Waals surface area contributed by atoms with Gasteiger partial charge in [-0.3, -0.25) is 9.59 Å². The van der Waals surface area contributed by atoms with Crippen molar-refractivity contribution in [2.45, 2.75) is 405 Å². The van der Waals surface area contributed by atoms with Crippen molar-refractivity contribution in [3.63, 3.8) is 0 Å². The van der Waals surface area contributed by atoms with E-state index in [0.717, 1.165) is 38.5 Å². The molecule has 0 aromatic rings. The summed E-state index contributed by atoms with van der Waals surface area (Å²) in [6, 6.07) is -0.624. The van der Waals surface area contributed by atoms with Crippen molar-refractivity contribution in [3.05, 3.63) is 12.2 Å². The quantitative estimate of drug-likeness (QED) is 0.0320. The normalized spacial score (nSPS) is 12.5. The molecule has 0 saturated carbocycles. The first kappa shape index (κ1) is 73.6. The van der Waals surface area contributed by atoms with Crippen LogP contribution in [0.25, 0.3) is 0 Å². The number of ether oxygens (including phenoxy) is 1. The zero-order valence-electron chi connectivity index (χ0n) is 51.1. The molecule has 0 aromatic carbocycles. The number of hydrogen-bond donors (Lipinski definition) is 3.